The zero-order valence-corrected chi connectivity index (χ0v) is 12.9. The summed E-state index contributed by atoms with van der Waals surface area (Å²) in [7, 11) is 2.26. The molecule has 4 rings (SSSR count). The van der Waals surface area contributed by atoms with E-state index in [0.29, 0.717) is 11.5 Å². The van der Waals surface area contributed by atoms with Gasteiger partial charge in [0.25, 0.3) is 0 Å². The van der Waals surface area contributed by atoms with E-state index in [1.165, 1.54) is 49.1 Å². The summed E-state index contributed by atoms with van der Waals surface area (Å²) >= 11 is 0. The van der Waals surface area contributed by atoms with E-state index in [9.17, 15) is 0 Å². The van der Waals surface area contributed by atoms with Gasteiger partial charge in [-0.25, -0.2) is 0 Å². The Labute approximate surface area is 122 Å². The summed E-state index contributed by atoms with van der Waals surface area (Å²) in [5.74, 6) is 2.04. The summed E-state index contributed by atoms with van der Waals surface area (Å²) in [5.41, 5.74) is 4.74. The van der Waals surface area contributed by atoms with Crippen LogP contribution in [0.3, 0.4) is 0 Å². The summed E-state index contributed by atoms with van der Waals surface area (Å²) in [6.07, 6.45) is 5.60. The van der Waals surface area contributed by atoms with Gasteiger partial charge in [0.05, 0.1) is 0 Å². The molecule has 3 unspecified atom stereocenters. The highest BCUT2D eigenvalue weighted by atomic mass is 16.5. The fourth-order valence-corrected chi connectivity index (χ4v) is 4.69. The minimum Gasteiger partial charge on any atom is -0.489 e. The number of benzene rings is 1. The molecule has 3 aliphatic rings. The summed E-state index contributed by atoms with van der Waals surface area (Å²) < 4.78 is 6.50. The van der Waals surface area contributed by atoms with Crippen molar-refractivity contribution >= 4 is 0 Å². The molecule has 1 aromatic carbocycles. The highest BCUT2D eigenvalue weighted by Gasteiger charge is 2.53. The number of rotatable bonds is 0. The monoisotopic (exact) mass is 271 g/mol. The Morgan fingerprint density at radius 2 is 2.15 bits per heavy atom. The van der Waals surface area contributed by atoms with Crippen molar-refractivity contribution in [3.63, 3.8) is 0 Å². The van der Waals surface area contributed by atoms with Gasteiger partial charge >= 0.3 is 0 Å². The van der Waals surface area contributed by atoms with Crippen LogP contribution in [0.1, 0.15) is 49.3 Å². The number of nitrogens with zero attached hydrogens (tertiary/aromatic N) is 1. The van der Waals surface area contributed by atoms with Crippen LogP contribution < -0.4 is 4.74 Å². The van der Waals surface area contributed by atoms with Crippen LogP contribution in [0.5, 0.6) is 5.75 Å². The summed E-state index contributed by atoms with van der Waals surface area (Å²) in [6, 6.07) is 4.60. The predicted octanol–water partition coefficient (Wildman–Crippen LogP) is 3.65. The molecule has 20 heavy (non-hydrogen) atoms. The minimum atomic E-state index is 0.313. The number of hydrogen-bond acceptors (Lipinski definition) is 2. The fourth-order valence-electron chi connectivity index (χ4n) is 4.69. The van der Waals surface area contributed by atoms with Gasteiger partial charge in [-0.1, -0.05) is 19.1 Å². The largest absolute Gasteiger partial charge is 0.489 e. The molecule has 1 saturated carbocycles. The van der Waals surface area contributed by atoms with Gasteiger partial charge in [-0.2, -0.15) is 0 Å². The molecule has 0 radical (unpaired) electrons. The maximum absolute atomic E-state index is 6.50. The van der Waals surface area contributed by atoms with E-state index in [0.717, 1.165) is 12.5 Å². The third-order valence-electron chi connectivity index (χ3n) is 5.89. The first-order chi connectivity index (χ1) is 9.60. The normalized spacial score (nSPS) is 36.0. The van der Waals surface area contributed by atoms with Gasteiger partial charge in [0.2, 0.25) is 0 Å². The quantitative estimate of drug-likeness (QED) is 0.714. The van der Waals surface area contributed by atoms with Crippen molar-refractivity contribution in [1.29, 1.82) is 0 Å². The maximum Gasteiger partial charge on any atom is 0.126 e. The standard InChI is InChI=1S/C18H25NO/c1-12-6-7-18-8-9-19(3)11-14-5-4-13(2)17(16(14)18)20-15(18)10-12/h4-5,12,15H,6-11H2,1-3H3. The molecule has 1 fully saturated rings. The molecule has 3 atom stereocenters. The minimum absolute atomic E-state index is 0.313. The first-order valence-electron chi connectivity index (χ1n) is 8.08. The van der Waals surface area contributed by atoms with Gasteiger partial charge in [-0.05, 0) is 63.2 Å². The highest BCUT2D eigenvalue weighted by molar-refractivity contribution is 5.55. The van der Waals surface area contributed by atoms with Crippen LogP contribution in [0.4, 0.5) is 0 Å². The lowest BCUT2D eigenvalue weighted by molar-refractivity contribution is 0.0658. The zero-order valence-electron chi connectivity index (χ0n) is 12.9. The van der Waals surface area contributed by atoms with Gasteiger partial charge in [-0.3, -0.25) is 0 Å². The van der Waals surface area contributed by atoms with Crippen molar-refractivity contribution in [2.24, 2.45) is 5.92 Å². The Morgan fingerprint density at radius 3 is 3.00 bits per heavy atom. The van der Waals surface area contributed by atoms with Crippen LogP contribution in [0.2, 0.25) is 0 Å². The van der Waals surface area contributed by atoms with Crippen LogP contribution in [-0.2, 0) is 12.0 Å². The van der Waals surface area contributed by atoms with E-state index in [-0.39, 0.29) is 0 Å². The number of aryl methyl sites for hydroxylation is 1. The number of ether oxygens (including phenoxy) is 1. The molecule has 0 bridgehead atoms. The predicted molar refractivity (Wildman–Crippen MR) is 81.2 cm³/mol. The Morgan fingerprint density at radius 1 is 1.30 bits per heavy atom. The first-order valence-corrected chi connectivity index (χ1v) is 8.08. The molecule has 1 aliphatic carbocycles. The van der Waals surface area contributed by atoms with Crippen LogP contribution in [0, 0.1) is 12.8 Å². The topological polar surface area (TPSA) is 12.5 Å². The third kappa shape index (κ3) is 1.60. The smallest absolute Gasteiger partial charge is 0.126 e. The molecular formula is C18H25NO. The van der Waals surface area contributed by atoms with Crippen LogP contribution in [0.15, 0.2) is 12.1 Å². The van der Waals surface area contributed by atoms with Crippen molar-refractivity contribution in [2.45, 2.75) is 57.6 Å². The van der Waals surface area contributed by atoms with E-state index in [2.05, 4.69) is 37.9 Å². The SMILES string of the molecule is Cc1ccc2c3c1OC1CC(C)CCC31CCN(C)C2. The third-order valence-corrected chi connectivity index (χ3v) is 5.89. The van der Waals surface area contributed by atoms with Gasteiger partial charge in [0.15, 0.2) is 0 Å². The Balaban J connectivity index is 1.91. The lowest BCUT2D eigenvalue weighted by Crippen LogP contribution is -2.44. The molecule has 0 aromatic heterocycles. The molecule has 0 N–H and O–H groups in total. The Kier molecular flexibility index (Phi) is 2.69. The maximum atomic E-state index is 6.50. The molecule has 0 saturated heterocycles. The van der Waals surface area contributed by atoms with Crippen molar-refractivity contribution < 1.29 is 4.74 Å². The lowest BCUT2D eigenvalue weighted by Gasteiger charge is -2.40. The van der Waals surface area contributed by atoms with E-state index in [1.54, 1.807) is 5.56 Å². The second-order valence-corrected chi connectivity index (χ2v) is 7.38. The summed E-state index contributed by atoms with van der Waals surface area (Å²) in [4.78, 5) is 2.48. The van der Waals surface area contributed by atoms with Crippen molar-refractivity contribution in [2.75, 3.05) is 13.6 Å². The molecule has 2 nitrogen and oxygen atoms in total. The molecule has 0 amide bonds. The van der Waals surface area contributed by atoms with Crippen molar-refractivity contribution in [3.8, 4) is 5.75 Å². The average molecular weight is 271 g/mol. The van der Waals surface area contributed by atoms with Gasteiger partial charge in [0, 0.05) is 17.5 Å². The average Bonchev–Trinajstić information content (AvgIpc) is 2.68. The van der Waals surface area contributed by atoms with Crippen LogP contribution in [-0.4, -0.2) is 24.6 Å². The highest BCUT2D eigenvalue weighted by Crippen LogP contribution is 2.56. The van der Waals surface area contributed by atoms with Gasteiger partial charge < -0.3 is 9.64 Å². The van der Waals surface area contributed by atoms with Gasteiger partial charge in [-0.15, -0.1) is 0 Å². The fraction of sp³-hybridized carbons (Fsp3) is 0.667. The van der Waals surface area contributed by atoms with E-state index in [4.69, 9.17) is 4.74 Å². The molecule has 1 aromatic rings. The molecular weight excluding hydrogens is 246 g/mol. The van der Waals surface area contributed by atoms with Crippen LogP contribution >= 0.6 is 0 Å². The second kappa shape index (κ2) is 4.24. The first kappa shape index (κ1) is 12.7. The molecule has 1 spiro atoms. The van der Waals surface area contributed by atoms with Crippen LogP contribution in [0.25, 0.3) is 0 Å². The molecule has 2 aliphatic heterocycles. The van der Waals surface area contributed by atoms with E-state index >= 15 is 0 Å². The van der Waals surface area contributed by atoms with Gasteiger partial charge in [0.1, 0.15) is 11.9 Å². The summed E-state index contributed by atoms with van der Waals surface area (Å²) in [6.45, 7) is 6.87. The van der Waals surface area contributed by atoms with Crippen molar-refractivity contribution in [1.82, 2.24) is 4.90 Å². The Bertz CT molecular complexity index is 553. The number of hydrogen-bond donors (Lipinski definition) is 0. The Hall–Kier alpha value is -1.02. The molecule has 2 heteroatoms. The van der Waals surface area contributed by atoms with Crippen molar-refractivity contribution in [3.05, 3.63) is 28.8 Å². The molecule has 108 valence electrons. The molecule has 2 heterocycles. The van der Waals surface area contributed by atoms with E-state index in [1.807, 2.05) is 0 Å². The summed E-state index contributed by atoms with van der Waals surface area (Å²) in [5, 5.41) is 0. The second-order valence-electron chi connectivity index (χ2n) is 7.38. The van der Waals surface area contributed by atoms with E-state index < -0.39 is 0 Å². The lowest BCUT2D eigenvalue weighted by atomic mass is 9.63. The zero-order chi connectivity index (χ0) is 13.9.